The summed E-state index contributed by atoms with van der Waals surface area (Å²) in [6, 6.07) is 26.8. The summed E-state index contributed by atoms with van der Waals surface area (Å²) >= 11 is 12.3. The Morgan fingerprint density at radius 3 is 2.60 bits per heavy atom. The van der Waals surface area contributed by atoms with Crippen LogP contribution in [0.1, 0.15) is 52.7 Å². The van der Waals surface area contributed by atoms with Crippen LogP contribution in [0.25, 0.3) is 0 Å². The van der Waals surface area contributed by atoms with E-state index >= 15 is 0 Å². The number of nitrogens with two attached hydrogens (primary N) is 1. The summed E-state index contributed by atoms with van der Waals surface area (Å²) in [5.41, 5.74) is 9.02. The van der Waals surface area contributed by atoms with Crippen molar-refractivity contribution < 1.29 is 23.7 Å². The molecule has 218 valence electrons. The molecule has 0 saturated carbocycles. The second kappa shape index (κ2) is 13.6. The zero-order chi connectivity index (χ0) is 30.3. The molecular formula is C34H28Cl2N2O5. The number of fused-ring (bicyclic) bond motifs is 1. The molecule has 7 nitrogen and oxygen atoms in total. The van der Waals surface area contributed by atoms with Crippen LogP contribution in [0.5, 0.6) is 23.0 Å². The summed E-state index contributed by atoms with van der Waals surface area (Å²) in [5, 5.41) is 11.0. The smallest absolute Gasteiger partial charge is 0.347 e. The van der Waals surface area contributed by atoms with Crippen molar-refractivity contribution >= 4 is 29.2 Å². The first-order valence-corrected chi connectivity index (χ1v) is 14.5. The highest BCUT2D eigenvalue weighted by atomic mass is 35.5. The van der Waals surface area contributed by atoms with Crippen molar-refractivity contribution in [2.24, 2.45) is 5.73 Å². The first kappa shape index (κ1) is 29.8. The highest BCUT2D eigenvalue weighted by molar-refractivity contribution is 6.35. The SMILES string of the molecule is CCCCOc1ccccc1C(=O)Oc1ccc2c(c1)OC(N)=C(C#N)C2c1cccc(OCc2ccc(Cl)cc2Cl)c1. The number of halogens is 2. The van der Waals surface area contributed by atoms with E-state index in [1.54, 1.807) is 54.6 Å². The van der Waals surface area contributed by atoms with Crippen LogP contribution < -0.4 is 24.7 Å². The monoisotopic (exact) mass is 614 g/mol. The minimum atomic E-state index is -0.564. The van der Waals surface area contributed by atoms with E-state index in [0.29, 0.717) is 45.0 Å². The third kappa shape index (κ3) is 6.89. The van der Waals surface area contributed by atoms with Crippen molar-refractivity contribution in [3.8, 4) is 29.1 Å². The molecule has 0 bridgehead atoms. The Morgan fingerprint density at radius 2 is 1.81 bits per heavy atom. The molecule has 1 heterocycles. The number of carbonyl (C=O) groups is 1. The van der Waals surface area contributed by atoms with Gasteiger partial charge in [-0.25, -0.2) is 4.79 Å². The lowest BCUT2D eigenvalue weighted by atomic mass is 9.83. The maximum absolute atomic E-state index is 13.1. The molecule has 4 aromatic rings. The second-order valence-electron chi connectivity index (χ2n) is 9.81. The molecule has 0 radical (unpaired) electrons. The number of hydrogen-bond donors (Lipinski definition) is 1. The standard InChI is InChI=1S/C34H28Cl2N2O5/c1-2-3-15-40-30-10-5-4-9-27(30)34(39)42-25-13-14-26-31(18-25)43-33(38)28(19-37)32(26)21-7-6-8-24(16-21)41-20-22-11-12-23(35)17-29(22)36/h4-14,16-18,32H,2-3,15,20,38H2,1H3. The van der Waals surface area contributed by atoms with Crippen LogP contribution in [0.15, 0.2) is 96.4 Å². The Hall–Kier alpha value is -4.64. The second-order valence-corrected chi connectivity index (χ2v) is 10.7. The van der Waals surface area contributed by atoms with E-state index in [1.807, 2.05) is 30.3 Å². The molecule has 1 unspecified atom stereocenters. The van der Waals surface area contributed by atoms with Crippen LogP contribution in [0.2, 0.25) is 10.0 Å². The molecule has 0 aromatic heterocycles. The van der Waals surface area contributed by atoms with Gasteiger partial charge >= 0.3 is 5.97 Å². The van der Waals surface area contributed by atoms with Crippen molar-refractivity contribution in [1.82, 2.24) is 0 Å². The number of para-hydroxylation sites is 1. The summed E-state index contributed by atoms with van der Waals surface area (Å²) in [7, 11) is 0. The van der Waals surface area contributed by atoms with E-state index in [0.717, 1.165) is 24.0 Å². The van der Waals surface area contributed by atoms with Gasteiger partial charge in [0.05, 0.1) is 12.5 Å². The number of allylic oxidation sites excluding steroid dienone is 1. The molecule has 43 heavy (non-hydrogen) atoms. The van der Waals surface area contributed by atoms with Gasteiger partial charge in [-0.3, -0.25) is 0 Å². The molecule has 0 spiro atoms. The Bertz CT molecular complexity index is 1730. The maximum Gasteiger partial charge on any atom is 0.347 e. The van der Waals surface area contributed by atoms with E-state index < -0.39 is 11.9 Å². The quantitative estimate of drug-likeness (QED) is 0.109. The summed E-state index contributed by atoms with van der Waals surface area (Å²) in [5.74, 6) is 0.548. The molecule has 0 saturated heterocycles. The van der Waals surface area contributed by atoms with Crippen molar-refractivity contribution in [3.63, 3.8) is 0 Å². The fourth-order valence-electron chi connectivity index (χ4n) is 4.68. The maximum atomic E-state index is 13.1. The Labute approximate surface area is 260 Å². The average Bonchev–Trinajstić information content (AvgIpc) is 3.00. The molecule has 4 aromatic carbocycles. The normalized spacial score (nSPS) is 13.9. The summed E-state index contributed by atoms with van der Waals surface area (Å²) in [6.07, 6.45) is 1.85. The number of unbranched alkanes of at least 4 members (excludes halogenated alkanes) is 1. The Balaban J connectivity index is 1.39. The molecule has 1 atom stereocenters. The van der Waals surface area contributed by atoms with Gasteiger partial charge < -0.3 is 24.7 Å². The highest BCUT2D eigenvalue weighted by Gasteiger charge is 2.31. The van der Waals surface area contributed by atoms with Crippen molar-refractivity contribution in [1.29, 1.82) is 5.26 Å². The number of carbonyl (C=O) groups excluding carboxylic acids is 1. The third-order valence-corrected chi connectivity index (χ3v) is 7.45. The zero-order valence-corrected chi connectivity index (χ0v) is 24.8. The van der Waals surface area contributed by atoms with E-state index in [2.05, 4.69) is 13.0 Å². The topological polar surface area (TPSA) is 104 Å². The Morgan fingerprint density at radius 1 is 0.977 bits per heavy atom. The largest absolute Gasteiger partial charge is 0.493 e. The van der Waals surface area contributed by atoms with E-state index in [4.69, 9.17) is 47.9 Å². The van der Waals surface area contributed by atoms with E-state index in [-0.39, 0.29) is 23.8 Å². The van der Waals surface area contributed by atoms with Gasteiger partial charge in [0.1, 0.15) is 46.8 Å². The van der Waals surface area contributed by atoms with E-state index in [9.17, 15) is 10.1 Å². The van der Waals surface area contributed by atoms with Crippen molar-refractivity contribution in [3.05, 3.63) is 129 Å². The summed E-state index contributed by atoms with van der Waals surface area (Å²) in [6.45, 7) is 2.80. The molecule has 0 amide bonds. The molecular weight excluding hydrogens is 587 g/mol. The molecule has 0 fully saturated rings. The first-order chi connectivity index (χ1) is 20.9. The number of benzene rings is 4. The van der Waals surface area contributed by atoms with Crippen molar-refractivity contribution in [2.75, 3.05) is 6.61 Å². The van der Waals surface area contributed by atoms with Gasteiger partial charge in [-0.15, -0.1) is 0 Å². The number of nitrogens with zero attached hydrogens (tertiary/aromatic N) is 1. The van der Waals surface area contributed by atoms with Gasteiger partial charge in [0.15, 0.2) is 0 Å². The highest BCUT2D eigenvalue weighted by Crippen LogP contribution is 2.44. The molecule has 1 aliphatic heterocycles. The van der Waals surface area contributed by atoms with Gasteiger partial charge in [-0.2, -0.15) is 5.26 Å². The fraction of sp³-hybridized carbons (Fsp3) is 0.176. The number of nitriles is 1. The lowest BCUT2D eigenvalue weighted by Crippen LogP contribution is -2.21. The minimum Gasteiger partial charge on any atom is -0.493 e. The van der Waals surface area contributed by atoms with Crippen LogP contribution in [0.3, 0.4) is 0 Å². The summed E-state index contributed by atoms with van der Waals surface area (Å²) in [4.78, 5) is 13.1. The molecule has 1 aliphatic rings. The van der Waals surface area contributed by atoms with Gasteiger partial charge in [-0.1, -0.05) is 72.9 Å². The van der Waals surface area contributed by atoms with Crippen molar-refractivity contribution in [2.45, 2.75) is 32.3 Å². The lowest BCUT2D eigenvalue weighted by Gasteiger charge is -2.27. The van der Waals surface area contributed by atoms with Gasteiger partial charge in [0.2, 0.25) is 5.88 Å². The summed E-state index contributed by atoms with van der Waals surface area (Å²) < 4.78 is 23.3. The predicted octanol–water partition coefficient (Wildman–Crippen LogP) is 8.19. The number of ether oxygens (including phenoxy) is 4. The van der Waals surface area contributed by atoms with Crippen LogP contribution in [-0.4, -0.2) is 12.6 Å². The zero-order valence-electron chi connectivity index (χ0n) is 23.3. The van der Waals surface area contributed by atoms with Gasteiger partial charge in [0.25, 0.3) is 0 Å². The Kier molecular flexibility index (Phi) is 9.41. The lowest BCUT2D eigenvalue weighted by molar-refractivity contribution is 0.0730. The minimum absolute atomic E-state index is 0.0302. The van der Waals surface area contributed by atoms with E-state index in [1.165, 1.54) is 0 Å². The van der Waals surface area contributed by atoms with Crippen LogP contribution >= 0.6 is 23.2 Å². The van der Waals surface area contributed by atoms with Gasteiger partial charge in [-0.05, 0) is 54.4 Å². The molecule has 0 aliphatic carbocycles. The third-order valence-electron chi connectivity index (χ3n) is 6.86. The first-order valence-electron chi connectivity index (χ1n) is 13.7. The van der Waals surface area contributed by atoms with Crippen LogP contribution in [-0.2, 0) is 6.61 Å². The van der Waals surface area contributed by atoms with Gasteiger partial charge in [0, 0.05) is 27.2 Å². The fourth-order valence-corrected chi connectivity index (χ4v) is 5.14. The number of esters is 1. The van der Waals surface area contributed by atoms with Crippen LogP contribution in [0.4, 0.5) is 0 Å². The predicted molar refractivity (Wildman–Crippen MR) is 165 cm³/mol. The average molecular weight is 616 g/mol. The molecule has 2 N–H and O–H groups in total. The number of hydrogen-bond acceptors (Lipinski definition) is 7. The number of rotatable bonds is 10. The van der Waals surface area contributed by atoms with Crippen LogP contribution in [0, 0.1) is 11.3 Å². The molecule has 5 rings (SSSR count). The molecule has 9 heteroatoms.